The lowest BCUT2D eigenvalue weighted by Gasteiger charge is -2.18. The van der Waals surface area contributed by atoms with E-state index in [0.717, 1.165) is 35.9 Å². The van der Waals surface area contributed by atoms with Crippen LogP contribution in [-0.2, 0) is 0 Å². The first-order chi connectivity index (χ1) is 8.84. The highest BCUT2D eigenvalue weighted by Crippen LogP contribution is 2.29. The fraction of sp³-hybridized carbons (Fsp3) is 0.308. The number of hydrogen-bond acceptors (Lipinski definition) is 3. The highest BCUT2D eigenvalue weighted by molar-refractivity contribution is 6.33. The van der Waals surface area contributed by atoms with Crippen molar-refractivity contribution >= 4 is 17.3 Å². The van der Waals surface area contributed by atoms with E-state index >= 15 is 0 Å². The van der Waals surface area contributed by atoms with E-state index in [-0.39, 0.29) is 0 Å². The van der Waals surface area contributed by atoms with Crippen molar-refractivity contribution in [3.8, 4) is 5.69 Å². The summed E-state index contributed by atoms with van der Waals surface area (Å²) in [4.78, 5) is 4.08. The van der Waals surface area contributed by atoms with Crippen LogP contribution in [0.4, 0.5) is 5.69 Å². The molecule has 1 aliphatic rings. The minimum absolute atomic E-state index is 0.464. The van der Waals surface area contributed by atoms with Gasteiger partial charge < -0.3 is 15.2 Å². The number of anilines is 1. The molecule has 2 N–H and O–H groups in total. The van der Waals surface area contributed by atoms with Gasteiger partial charge in [-0.25, -0.2) is 4.98 Å². The Morgan fingerprint density at radius 3 is 3.11 bits per heavy atom. The largest absolute Gasteiger partial charge is 0.379 e. The van der Waals surface area contributed by atoms with Gasteiger partial charge in [-0.2, -0.15) is 0 Å². The summed E-state index contributed by atoms with van der Waals surface area (Å²) in [5, 5.41) is 7.62. The standard InChI is InChI=1S/C13H15ClN4/c14-11-2-1-3-12(17-10-4-5-15-8-10)13(11)18-7-6-16-9-18/h1-3,6-7,9-10,15,17H,4-5,8H2. The summed E-state index contributed by atoms with van der Waals surface area (Å²) in [6.45, 7) is 2.06. The quantitative estimate of drug-likeness (QED) is 0.892. The molecule has 1 unspecified atom stereocenters. The molecule has 0 aliphatic carbocycles. The maximum absolute atomic E-state index is 6.30. The number of benzene rings is 1. The van der Waals surface area contributed by atoms with Crippen LogP contribution in [0.15, 0.2) is 36.9 Å². The van der Waals surface area contributed by atoms with Crippen LogP contribution in [-0.4, -0.2) is 28.7 Å². The first-order valence-corrected chi connectivity index (χ1v) is 6.46. The van der Waals surface area contributed by atoms with Crippen molar-refractivity contribution in [1.82, 2.24) is 14.9 Å². The maximum Gasteiger partial charge on any atom is 0.0992 e. The molecular formula is C13H15ClN4. The first-order valence-electron chi connectivity index (χ1n) is 6.09. The average Bonchev–Trinajstić information content (AvgIpc) is 3.01. The number of aromatic nitrogens is 2. The predicted octanol–water partition coefficient (Wildman–Crippen LogP) is 2.30. The number of nitrogens with zero attached hydrogens (tertiary/aromatic N) is 2. The van der Waals surface area contributed by atoms with Crippen molar-refractivity contribution in [3.63, 3.8) is 0 Å². The smallest absolute Gasteiger partial charge is 0.0992 e. The van der Waals surface area contributed by atoms with E-state index in [1.807, 2.05) is 22.9 Å². The van der Waals surface area contributed by atoms with Crippen molar-refractivity contribution in [2.24, 2.45) is 0 Å². The highest BCUT2D eigenvalue weighted by Gasteiger charge is 2.16. The summed E-state index contributed by atoms with van der Waals surface area (Å²) in [5.74, 6) is 0. The molecule has 2 heterocycles. The van der Waals surface area contributed by atoms with Crippen LogP contribution in [0.3, 0.4) is 0 Å². The summed E-state index contributed by atoms with van der Waals surface area (Å²) in [5.41, 5.74) is 2.01. The summed E-state index contributed by atoms with van der Waals surface area (Å²) >= 11 is 6.30. The van der Waals surface area contributed by atoms with Crippen molar-refractivity contribution in [2.75, 3.05) is 18.4 Å². The molecule has 18 heavy (non-hydrogen) atoms. The second kappa shape index (κ2) is 5.00. The Hall–Kier alpha value is -1.52. The van der Waals surface area contributed by atoms with Gasteiger partial charge in [0.1, 0.15) is 0 Å². The van der Waals surface area contributed by atoms with Gasteiger partial charge in [0.2, 0.25) is 0 Å². The molecule has 1 fully saturated rings. The van der Waals surface area contributed by atoms with Crippen LogP contribution < -0.4 is 10.6 Å². The molecule has 0 saturated carbocycles. The highest BCUT2D eigenvalue weighted by atomic mass is 35.5. The number of halogens is 1. The molecule has 0 bridgehead atoms. The Morgan fingerprint density at radius 1 is 1.44 bits per heavy atom. The van der Waals surface area contributed by atoms with Crippen molar-refractivity contribution in [1.29, 1.82) is 0 Å². The lowest BCUT2D eigenvalue weighted by Crippen LogP contribution is -2.22. The zero-order chi connectivity index (χ0) is 12.4. The summed E-state index contributed by atoms with van der Waals surface area (Å²) < 4.78 is 1.94. The van der Waals surface area contributed by atoms with Gasteiger partial charge in [-0.15, -0.1) is 0 Å². The van der Waals surface area contributed by atoms with Gasteiger partial charge in [-0.1, -0.05) is 17.7 Å². The molecule has 1 aromatic carbocycles. The summed E-state index contributed by atoms with van der Waals surface area (Å²) in [7, 11) is 0. The van der Waals surface area contributed by atoms with Gasteiger partial charge in [0, 0.05) is 25.0 Å². The van der Waals surface area contributed by atoms with Crippen LogP contribution in [0.1, 0.15) is 6.42 Å². The minimum Gasteiger partial charge on any atom is -0.379 e. The molecule has 1 atom stereocenters. The number of rotatable bonds is 3. The third-order valence-corrected chi connectivity index (χ3v) is 3.47. The SMILES string of the molecule is Clc1cccc(NC2CCNC2)c1-n1ccnc1. The number of para-hydroxylation sites is 1. The lowest BCUT2D eigenvalue weighted by atomic mass is 10.2. The Kier molecular flexibility index (Phi) is 3.21. The van der Waals surface area contributed by atoms with Crippen LogP contribution in [0.2, 0.25) is 5.02 Å². The van der Waals surface area contributed by atoms with Crippen molar-refractivity contribution < 1.29 is 0 Å². The third kappa shape index (κ3) is 2.21. The molecule has 0 radical (unpaired) electrons. The van der Waals surface area contributed by atoms with Gasteiger partial charge in [-0.05, 0) is 25.1 Å². The van der Waals surface area contributed by atoms with Gasteiger partial charge in [0.25, 0.3) is 0 Å². The maximum atomic E-state index is 6.30. The topological polar surface area (TPSA) is 41.9 Å². The zero-order valence-corrected chi connectivity index (χ0v) is 10.7. The molecule has 1 aromatic heterocycles. The predicted molar refractivity (Wildman–Crippen MR) is 73.5 cm³/mol. The monoisotopic (exact) mass is 262 g/mol. The Morgan fingerprint density at radius 2 is 2.39 bits per heavy atom. The van der Waals surface area contributed by atoms with Crippen LogP contribution >= 0.6 is 11.6 Å². The van der Waals surface area contributed by atoms with E-state index in [9.17, 15) is 0 Å². The van der Waals surface area contributed by atoms with Crippen molar-refractivity contribution in [2.45, 2.75) is 12.5 Å². The third-order valence-electron chi connectivity index (χ3n) is 3.17. The molecule has 2 aromatic rings. The number of hydrogen-bond donors (Lipinski definition) is 2. The molecule has 1 aliphatic heterocycles. The van der Waals surface area contributed by atoms with E-state index < -0.39 is 0 Å². The van der Waals surface area contributed by atoms with E-state index in [4.69, 9.17) is 11.6 Å². The van der Waals surface area contributed by atoms with Gasteiger partial charge >= 0.3 is 0 Å². The Bertz CT molecular complexity index is 518. The minimum atomic E-state index is 0.464. The number of nitrogens with one attached hydrogen (secondary N) is 2. The van der Waals surface area contributed by atoms with E-state index in [1.165, 1.54) is 0 Å². The molecule has 4 nitrogen and oxygen atoms in total. The summed E-state index contributed by atoms with van der Waals surface area (Å²) in [6.07, 6.45) is 6.55. The molecular weight excluding hydrogens is 248 g/mol. The molecule has 0 amide bonds. The fourth-order valence-electron chi connectivity index (χ4n) is 2.28. The van der Waals surface area contributed by atoms with Crippen LogP contribution in [0, 0.1) is 0 Å². The number of imidazole rings is 1. The van der Waals surface area contributed by atoms with Crippen LogP contribution in [0.25, 0.3) is 5.69 Å². The fourth-order valence-corrected chi connectivity index (χ4v) is 2.56. The van der Waals surface area contributed by atoms with E-state index in [0.29, 0.717) is 6.04 Å². The Balaban J connectivity index is 1.95. The van der Waals surface area contributed by atoms with Gasteiger partial charge in [0.05, 0.1) is 22.7 Å². The van der Waals surface area contributed by atoms with E-state index in [2.05, 4.69) is 21.7 Å². The molecule has 3 rings (SSSR count). The van der Waals surface area contributed by atoms with Gasteiger partial charge in [0.15, 0.2) is 0 Å². The van der Waals surface area contributed by atoms with Crippen LogP contribution in [0.5, 0.6) is 0 Å². The van der Waals surface area contributed by atoms with Crippen molar-refractivity contribution in [3.05, 3.63) is 41.9 Å². The average molecular weight is 263 g/mol. The molecule has 1 saturated heterocycles. The Labute approximate surface area is 111 Å². The van der Waals surface area contributed by atoms with E-state index in [1.54, 1.807) is 12.5 Å². The zero-order valence-electron chi connectivity index (χ0n) is 9.94. The summed E-state index contributed by atoms with van der Waals surface area (Å²) in [6, 6.07) is 6.38. The molecule has 94 valence electrons. The second-order valence-corrected chi connectivity index (χ2v) is 4.85. The molecule has 0 spiro atoms. The molecule has 5 heteroatoms. The van der Waals surface area contributed by atoms with Gasteiger partial charge in [-0.3, -0.25) is 0 Å². The normalized spacial score (nSPS) is 19.1. The second-order valence-electron chi connectivity index (χ2n) is 4.44. The lowest BCUT2D eigenvalue weighted by molar-refractivity contribution is 0.791. The first kappa shape index (κ1) is 11.6.